The Bertz CT molecular complexity index is 940. The lowest BCUT2D eigenvalue weighted by Gasteiger charge is -2.28. The molecule has 0 saturated carbocycles. The maximum absolute atomic E-state index is 13.7. The minimum atomic E-state index is -4.01. The zero-order valence-corrected chi connectivity index (χ0v) is 16.9. The number of halogens is 2. The Kier molecular flexibility index (Phi) is 7.40. The summed E-state index contributed by atoms with van der Waals surface area (Å²) in [7, 11) is -4.01. The van der Waals surface area contributed by atoms with E-state index in [1.54, 1.807) is 6.07 Å². The van der Waals surface area contributed by atoms with Gasteiger partial charge in [-0.2, -0.15) is 0 Å². The van der Waals surface area contributed by atoms with Crippen LogP contribution in [0.4, 0.5) is 10.1 Å². The Morgan fingerprint density at radius 3 is 2.64 bits per heavy atom. The number of anilines is 1. The first-order valence-corrected chi connectivity index (χ1v) is 10.2. The molecule has 1 aliphatic rings. The van der Waals surface area contributed by atoms with E-state index in [-0.39, 0.29) is 40.5 Å². The molecule has 2 unspecified atom stereocenters. The molecule has 3 N–H and O–H groups in total. The second-order valence-corrected chi connectivity index (χ2v) is 8.35. The molecule has 0 bridgehead atoms. The lowest BCUT2D eigenvalue weighted by Crippen LogP contribution is -2.46. The van der Waals surface area contributed by atoms with Crippen LogP contribution in [0.5, 0.6) is 0 Å². The van der Waals surface area contributed by atoms with E-state index in [2.05, 4.69) is 22.3 Å². The molecule has 1 amide bonds. The molecular formula is C19H23ClFN3O3S. The largest absolute Gasteiger partial charge is 0.349 e. The number of sulfonamides is 1. The summed E-state index contributed by atoms with van der Waals surface area (Å²) in [5.41, 5.74) is 0.105. The molecular weight excluding hydrogens is 405 g/mol. The van der Waals surface area contributed by atoms with Gasteiger partial charge in [-0.3, -0.25) is 9.52 Å². The number of amides is 1. The molecule has 0 aliphatic carbocycles. The van der Waals surface area contributed by atoms with Crippen molar-refractivity contribution >= 4 is 34.0 Å². The van der Waals surface area contributed by atoms with Crippen LogP contribution in [0.3, 0.4) is 0 Å². The number of benzene rings is 2. The average molecular weight is 428 g/mol. The highest BCUT2D eigenvalue weighted by Crippen LogP contribution is 2.20. The first-order valence-electron chi connectivity index (χ1n) is 8.77. The van der Waals surface area contributed by atoms with Crippen molar-refractivity contribution in [2.45, 2.75) is 36.7 Å². The number of para-hydroxylation sites is 1. The van der Waals surface area contributed by atoms with E-state index in [9.17, 15) is 17.6 Å². The van der Waals surface area contributed by atoms with Crippen LogP contribution in [0.1, 0.15) is 30.1 Å². The van der Waals surface area contributed by atoms with Crippen LogP contribution < -0.4 is 15.4 Å². The highest BCUT2D eigenvalue weighted by atomic mass is 35.5. The van der Waals surface area contributed by atoms with Gasteiger partial charge in [0.15, 0.2) is 0 Å². The maximum Gasteiger partial charge on any atom is 0.262 e. The molecule has 0 radical (unpaired) electrons. The van der Waals surface area contributed by atoms with Gasteiger partial charge in [0.25, 0.3) is 15.9 Å². The van der Waals surface area contributed by atoms with E-state index < -0.39 is 15.8 Å². The topological polar surface area (TPSA) is 87.3 Å². The summed E-state index contributed by atoms with van der Waals surface area (Å²) in [4.78, 5) is 12.4. The van der Waals surface area contributed by atoms with Crippen LogP contribution in [0.15, 0.2) is 53.4 Å². The number of nitrogens with one attached hydrogen (secondary N) is 3. The van der Waals surface area contributed by atoms with E-state index >= 15 is 0 Å². The molecule has 2 atom stereocenters. The highest BCUT2D eigenvalue weighted by Gasteiger charge is 2.22. The molecule has 2 aromatic rings. The van der Waals surface area contributed by atoms with Gasteiger partial charge < -0.3 is 10.6 Å². The number of rotatable bonds is 5. The molecule has 28 heavy (non-hydrogen) atoms. The summed E-state index contributed by atoms with van der Waals surface area (Å²) < 4.78 is 41.0. The van der Waals surface area contributed by atoms with Crippen molar-refractivity contribution in [1.82, 2.24) is 10.6 Å². The predicted molar refractivity (Wildman–Crippen MR) is 109 cm³/mol. The first-order chi connectivity index (χ1) is 12.8. The van der Waals surface area contributed by atoms with Crippen LogP contribution >= 0.6 is 12.4 Å². The number of carbonyl (C=O) groups excluding carboxylic acids is 1. The van der Waals surface area contributed by atoms with E-state index in [0.717, 1.165) is 19.4 Å². The lowest BCUT2D eigenvalue weighted by molar-refractivity contribution is 0.0925. The molecule has 152 valence electrons. The van der Waals surface area contributed by atoms with Crippen molar-refractivity contribution in [2.75, 3.05) is 11.3 Å². The Morgan fingerprint density at radius 2 is 1.93 bits per heavy atom. The first kappa shape index (κ1) is 22.1. The van der Waals surface area contributed by atoms with Crippen molar-refractivity contribution in [3.63, 3.8) is 0 Å². The molecule has 0 aromatic heterocycles. The summed E-state index contributed by atoms with van der Waals surface area (Å²) in [6, 6.07) is 11.6. The van der Waals surface area contributed by atoms with Gasteiger partial charge in [0.05, 0.1) is 10.6 Å². The van der Waals surface area contributed by atoms with Gasteiger partial charge in [-0.25, -0.2) is 12.8 Å². The van der Waals surface area contributed by atoms with Crippen LogP contribution in [-0.2, 0) is 10.0 Å². The molecule has 0 spiro atoms. The maximum atomic E-state index is 13.7. The molecule has 1 saturated heterocycles. The van der Waals surface area contributed by atoms with Gasteiger partial charge in [0.2, 0.25) is 0 Å². The van der Waals surface area contributed by atoms with E-state index in [1.807, 2.05) is 0 Å². The van der Waals surface area contributed by atoms with Gasteiger partial charge in [-0.05, 0) is 56.6 Å². The fourth-order valence-electron chi connectivity index (χ4n) is 3.08. The monoisotopic (exact) mass is 427 g/mol. The Labute approximate surface area is 170 Å². The van der Waals surface area contributed by atoms with E-state index in [0.29, 0.717) is 6.04 Å². The van der Waals surface area contributed by atoms with Crippen molar-refractivity contribution < 1.29 is 17.6 Å². The summed E-state index contributed by atoms with van der Waals surface area (Å²) in [6.45, 7) is 2.88. The van der Waals surface area contributed by atoms with Crippen molar-refractivity contribution in [3.8, 4) is 0 Å². The molecule has 3 rings (SSSR count). The third-order valence-corrected chi connectivity index (χ3v) is 5.85. The van der Waals surface area contributed by atoms with Gasteiger partial charge in [-0.15, -0.1) is 12.4 Å². The van der Waals surface area contributed by atoms with Gasteiger partial charge in [-0.1, -0.05) is 18.2 Å². The quantitative estimate of drug-likeness (QED) is 0.684. The van der Waals surface area contributed by atoms with Gasteiger partial charge in [0, 0.05) is 17.6 Å². The molecule has 1 aliphatic heterocycles. The SMILES string of the molecule is CC1CC(NC(=O)c2cccc(S(=O)(=O)Nc3ccccc3F)c2)CCN1.Cl. The van der Waals surface area contributed by atoms with Gasteiger partial charge in [0.1, 0.15) is 5.82 Å². The van der Waals surface area contributed by atoms with Crippen molar-refractivity contribution in [1.29, 1.82) is 0 Å². The Hall–Kier alpha value is -2.16. The summed E-state index contributed by atoms with van der Waals surface area (Å²) >= 11 is 0. The zero-order chi connectivity index (χ0) is 19.4. The fraction of sp³-hybridized carbons (Fsp3) is 0.316. The zero-order valence-electron chi connectivity index (χ0n) is 15.3. The lowest BCUT2D eigenvalue weighted by atomic mass is 10.0. The summed E-state index contributed by atoms with van der Waals surface area (Å²) in [5.74, 6) is -0.993. The number of carbonyl (C=O) groups is 1. The van der Waals surface area contributed by atoms with Crippen LogP contribution in [0.25, 0.3) is 0 Å². The number of hydrogen-bond acceptors (Lipinski definition) is 4. The van der Waals surface area contributed by atoms with E-state index in [1.165, 1.54) is 42.5 Å². The van der Waals surface area contributed by atoms with Crippen LogP contribution in [0.2, 0.25) is 0 Å². The third kappa shape index (κ3) is 5.43. The summed E-state index contributed by atoms with van der Waals surface area (Å²) in [6.07, 6.45) is 1.64. The molecule has 1 heterocycles. The third-order valence-electron chi connectivity index (χ3n) is 4.48. The second-order valence-electron chi connectivity index (χ2n) is 6.66. The normalized spacial score (nSPS) is 19.4. The van der Waals surface area contributed by atoms with Crippen molar-refractivity contribution in [3.05, 3.63) is 59.9 Å². The van der Waals surface area contributed by atoms with Crippen LogP contribution in [0, 0.1) is 5.82 Å². The average Bonchev–Trinajstić information content (AvgIpc) is 2.64. The minimum absolute atomic E-state index is 0. The Morgan fingerprint density at radius 1 is 1.18 bits per heavy atom. The molecule has 9 heteroatoms. The molecule has 6 nitrogen and oxygen atoms in total. The highest BCUT2D eigenvalue weighted by molar-refractivity contribution is 7.92. The minimum Gasteiger partial charge on any atom is -0.349 e. The number of piperidine rings is 1. The predicted octanol–water partition coefficient (Wildman–Crippen LogP) is 2.92. The molecule has 2 aromatic carbocycles. The standard InChI is InChI=1S/C19H22FN3O3S.ClH/c1-13-11-15(9-10-21-13)22-19(24)14-5-4-6-16(12-14)27(25,26)23-18-8-3-2-7-17(18)20;/h2-8,12-13,15,21,23H,9-11H2,1H3,(H,22,24);1H. The van der Waals surface area contributed by atoms with Crippen molar-refractivity contribution in [2.24, 2.45) is 0 Å². The summed E-state index contributed by atoms with van der Waals surface area (Å²) in [5, 5.41) is 6.26. The number of hydrogen-bond donors (Lipinski definition) is 3. The molecule has 1 fully saturated rings. The Balaban J connectivity index is 0.00000280. The smallest absolute Gasteiger partial charge is 0.262 e. The van der Waals surface area contributed by atoms with Crippen LogP contribution in [-0.4, -0.2) is 33.0 Å². The second kappa shape index (κ2) is 9.36. The van der Waals surface area contributed by atoms with E-state index in [4.69, 9.17) is 0 Å². The van der Waals surface area contributed by atoms with Gasteiger partial charge >= 0.3 is 0 Å². The fourth-order valence-corrected chi connectivity index (χ4v) is 4.20.